The summed E-state index contributed by atoms with van der Waals surface area (Å²) in [5.74, 6) is 0.789. The van der Waals surface area contributed by atoms with Crippen LogP contribution in [0.5, 0.6) is 0 Å². The van der Waals surface area contributed by atoms with Gasteiger partial charge in [-0.15, -0.1) is 0 Å². The number of nitrogens with one attached hydrogen (secondary N) is 1. The average molecular weight is 277 g/mol. The summed E-state index contributed by atoms with van der Waals surface area (Å²) < 4.78 is 12.3. The predicted molar refractivity (Wildman–Crippen MR) is 72.9 cm³/mol. The third kappa shape index (κ3) is 4.24. The minimum atomic E-state index is -0.249. The van der Waals surface area contributed by atoms with Crippen LogP contribution >= 0.6 is 0 Å². The third-order valence-corrected chi connectivity index (χ3v) is 2.94. The van der Waals surface area contributed by atoms with Crippen LogP contribution in [-0.2, 0) is 16.1 Å². The first-order valence-corrected chi connectivity index (χ1v) is 6.62. The second kappa shape index (κ2) is 7.49. The van der Waals surface area contributed by atoms with Crippen molar-refractivity contribution in [2.75, 3.05) is 13.2 Å². The van der Waals surface area contributed by atoms with Gasteiger partial charge in [0.25, 0.3) is 0 Å². The Kier molecular flexibility index (Phi) is 5.37. The molecule has 0 saturated heterocycles. The number of imidazole rings is 1. The summed E-state index contributed by atoms with van der Waals surface area (Å²) in [7, 11) is 0. The Labute approximate surface area is 117 Å². The normalized spacial score (nSPS) is 12.2. The second-order valence-corrected chi connectivity index (χ2v) is 4.46. The van der Waals surface area contributed by atoms with E-state index in [2.05, 4.69) is 10.3 Å². The van der Waals surface area contributed by atoms with Gasteiger partial charge in [-0.1, -0.05) is 0 Å². The summed E-state index contributed by atoms with van der Waals surface area (Å²) in [6.07, 6.45) is 7.46. The molecule has 6 heteroatoms. The van der Waals surface area contributed by atoms with E-state index in [1.807, 2.05) is 19.1 Å². The molecule has 0 saturated carbocycles. The lowest BCUT2D eigenvalue weighted by atomic mass is 10.3. The molecule has 2 aromatic heterocycles. The van der Waals surface area contributed by atoms with Gasteiger partial charge in [-0.3, -0.25) is 4.79 Å². The molecule has 0 fully saturated rings. The number of rotatable bonds is 8. The van der Waals surface area contributed by atoms with Gasteiger partial charge in [0.05, 0.1) is 12.6 Å². The molecule has 2 heterocycles. The highest BCUT2D eigenvalue weighted by Crippen LogP contribution is 2.04. The molecule has 0 radical (unpaired) electrons. The summed E-state index contributed by atoms with van der Waals surface area (Å²) in [5, 5.41) is 2.87. The zero-order valence-electron chi connectivity index (χ0n) is 11.5. The number of hydrogen-bond donors (Lipinski definition) is 1. The van der Waals surface area contributed by atoms with Gasteiger partial charge >= 0.3 is 0 Å². The first-order valence-electron chi connectivity index (χ1n) is 6.62. The number of ether oxygens (including phenoxy) is 1. The Bertz CT molecular complexity index is 494. The van der Waals surface area contributed by atoms with Crippen molar-refractivity contribution in [2.24, 2.45) is 0 Å². The van der Waals surface area contributed by atoms with Crippen LogP contribution in [0.4, 0.5) is 0 Å². The molecule has 0 aliphatic rings. The average Bonchev–Trinajstić information content (AvgIpc) is 3.13. The van der Waals surface area contributed by atoms with Gasteiger partial charge in [-0.2, -0.15) is 0 Å². The SMILES string of the molecule is C[C@H](C(=O)NCCCOCc1ccco1)n1ccnc1. The Morgan fingerprint density at radius 1 is 1.60 bits per heavy atom. The Hall–Kier alpha value is -2.08. The van der Waals surface area contributed by atoms with Crippen molar-refractivity contribution in [1.82, 2.24) is 14.9 Å². The highest BCUT2D eigenvalue weighted by atomic mass is 16.5. The van der Waals surface area contributed by atoms with E-state index in [0.717, 1.165) is 12.2 Å². The summed E-state index contributed by atoms with van der Waals surface area (Å²) in [4.78, 5) is 15.8. The second-order valence-electron chi connectivity index (χ2n) is 4.46. The number of nitrogens with zero attached hydrogens (tertiary/aromatic N) is 2. The standard InChI is InChI=1S/C14H19N3O3/c1-12(17-7-6-15-11-17)14(18)16-5-3-8-19-10-13-4-2-9-20-13/h2,4,6-7,9,11-12H,3,5,8,10H2,1H3,(H,16,18)/t12-/m1/s1. The zero-order chi connectivity index (χ0) is 14.2. The molecule has 0 aromatic carbocycles. The van der Waals surface area contributed by atoms with Crippen molar-refractivity contribution in [2.45, 2.75) is 26.0 Å². The molecule has 20 heavy (non-hydrogen) atoms. The van der Waals surface area contributed by atoms with Crippen molar-refractivity contribution >= 4 is 5.91 Å². The lowest BCUT2D eigenvalue weighted by molar-refractivity contribution is -0.123. The summed E-state index contributed by atoms with van der Waals surface area (Å²) in [5.41, 5.74) is 0. The summed E-state index contributed by atoms with van der Waals surface area (Å²) in [6, 6.07) is 3.45. The molecule has 1 N–H and O–H groups in total. The maximum absolute atomic E-state index is 11.8. The molecule has 6 nitrogen and oxygen atoms in total. The molecule has 0 aliphatic heterocycles. The Morgan fingerprint density at radius 2 is 2.50 bits per heavy atom. The Morgan fingerprint density at radius 3 is 3.20 bits per heavy atom. The lowest BCUT2D eigenvalue weighted by Gasteiger charge is -2.13. The minimum Gasteiger partial charge on any atom is -0.467 e. The van der Waals surface area contributed by atoms with E-state index in [0.29, 0.717) is 19.8 Å². The van der Waals surface area contributed by atoms with Crippen LogP contribution in [0.15, 0.2) is 41.5 Å². The van der Waals surface area contributed by atoms with Crippen molar-refractivity contribution in [3.8, 4) is 0 Å². The molecular weight excluding hydrogens is 258 g/mol. The van der Waals surface area contributed by atoms with Gasteiger partial charge in [-0.05, 0) is 25.5 Å². The van der Waals surface area contributed by atoms with Gasteiger partial charge in [0.2, 0.25) is 5.91 Å². The maximum atomic E-state index is 11.8. The van der Waals surface area contributed by atoms with Crippen LogP contribution in [0.2, 0.25) is 0 Å². The fraction of sp³-hybridized carbons (Fsp3) is 0.429. The fourth-order valence-electron chi connectivity index (χ4n) is 1.73. The van der Waals surface area contributed by atoms with E-state index in [1.54, 1.807) is 29.6 Å². The summed E-state index contributed by atoms with van der Waals surface area (Å²) in [6.45, 7) is 3.48. The molecule has 2 rings (SSSR count). The van der Waals surface area contributed by atoms with Crippen molar-refractivity contribution in [1.29, 1.82) is 0 Å². The molecule has 0 spiro atoms. The monoisotopic (exact) mass is 277 g/mol. The van der Waals surface area contributed by atoms with Crippen molar-refractivity contribution in [3.63, 3.8) is 0 Å². The first-order chi connectivity index (χ1) is 9.77. The van der Waals surface area contributed by atoms with Gasteiger partial charge in [0.15, 0.2) is 0 Å². The van der Waals surface area contributed by atoms with Crippen LogP contribution in [0, 0.1) is 0 Å². The number of furan rings is 1. The first kappa shape index (κ1) is 14.3. The van der Waals surface area contributed by atoms with Crippen LogP contribution in [-0.4, -0.2) is 28.6 Å². The quantitative estimate of drug-likeness (QED) is 0.746. The molecule has 2 aromatic rings. The number of carbonyl (C=O) groups is 1. The number of amides is 1. The number of hydrogen-bond acceptors (Lipinski definition) is 4. The predicted octanol–water partition coefficient (Wildman–Crippen LogP) is 1.76. The summed E-state index contributed by atoms with van der Waals surface area (Å²) >= 11 is 0. The van der Waals surface area contributed by atoms with E-state index in [-0.39, 0.29) is 11.9 Å². The molecule has 0 unspecified atom stereocenters. The van der Waals surface area contributed by atoms with Gasteiger partial charge in [0.1, 0.15) is 18.4 Å². The number of carbonyl (C=O) groups excluding carboxylic acids is 1. The maximum Gasteiger partial charge on any atom is 0.242 e. The van der Waals surface area contributed by atoms with E-state index in [1.165, 1.54) is 0 Å². The van der Waals surface area contributed by atoms with E-state index in [4.69, 9.17) is 9.15 Å². The van der Waals surface area contributed by atoms with Crippen molar-refractivity contribution < 1.29 is 13.9 Å². The van der Waals surface area contributed by atoms with Crippen LogP contribution in [0.1, 0.15) is 25.1 Å². The largest absolute Gasteiger partial charge is 0.467 e. The molecule has 0 bridgehead atoms. The Balaban J connectivity index is 1.55. The van der Waals surface area contributed by atoms with Crippen LogP contribution < -0.4 is 5.32 Å². The molecule has 1 atom stereocenters. The van der Waals surface area contributed by atoms with E-state index < -0.39 is 0 Å². The highest BCUT2D eigenvalue weighted by molar-refractivity contribution is 5.79. The van der Waals surface area contributed by atoms with Crippen molar-refractivity contribution in [3.05, 3.63) is 42.9 Å². The van der Waals surface area contributed by atoms with Crippen LogP contribution in [0.3, 0.4) is 0 Å². The molecule has 1 amide bonds. The fourth-order valence-corrected chi connectivity index (χ4v) is 1.73. The smallest absolute Gasteiger partial charge is 0.242 e. The topological polar surface area (TPSA) is 69.3 Å². The lowest BCUT2D eigenvalue weighted by Crippen LogP contribution is -2.31. The molecule has 108 valence electrons. The highest BCUT2D eigenvalue weighted by Gasteiger charge is 2.12. The third-order valence-electron chi connectivity index (χ3n) is 2.94. The van der Waals surface area contributed by atoms with E-state index in [9.17, 15) is 4.79 Å². The minimum absolute atomic E-state index is 0.0194. The van der Waals surface area contributed by atoms with E-state index >= 15 is 0 Å². The molecule has 0 aliphatic carbocycles. The zero-order valence-corrected chi connectivity index (χ0v) is 11.5. The molecular formula is C14H19N3O3. The van der Waals surface area contributed by atoms with Gasteiger partial charge in [-0.25, -0.2) is 4.98 Å². The van der Waals surface area contributed by atoms with Gasteiger partial charge < -0.3 is 19.0 Å². The van der Waals surface area contributed by atoms with Crippen LogP contribution in [0.25, 0.3) is 0 Å². The number of aromatic nitrogens is 2. The van der Waals surface area contributed by atoms with Gasteiger partial charge in [0, 0.05) is 25.5 Å².